The molecule has 0 unspecified atom stereocenters. The van der Waals surface area contributed by atoms with Crippen molar-refractivity contribution >= 4 is 5.91 Å². The Morgan fingerprint density at radius 1 is 1.25 bits per heavy atom. The van der Waals surface area contributed by atoms with Gasteiger partial charge in [-0.3, -0.25) is 4.79 Å². The van der Waals surface area contributed by atoms with Crippen LogP contribution in [0.25, 0.3) is 0 Å². The Morgan fingerprint density at radius 3 is 2.31 bits per heavy atom. The number of carbonyl (C=O) groups excluding carboxylic acids is 1. The van der Waals surface area contributed by atoms with E-state index in [4.69, 9.17) is 5.73 Å². The number of rotatable bonds is 4. The monoisotopic (exact) mass is 232 g/mol. The highest BCUT2D eigenvalue weighted by atomic mass is 19.1. The van der Waals surface area contributed by atoms with E-state index in [0.29, 0.717) is 12.1 Å². The van der Waals surface area contributed by atoms with Gasteiger partial charge < -0.3 is 11.1 Å². The first kappa shape index (κ1) is 12.5. The molecule has 1 amide bonds. The number of benzene rings is 1. The summed E-state index contributed by atoms with van der Waals surface area (Å²) in [6.07, 6.45) is -0.474. The number of halogens is 3. The molecule has 1 rings (SSSR count). The summed E-state index contributed by atoms with van der Waals surface area (Å²) in [5, 5.41) is 2.36. The van der Waals surface area contributed by atoms with Crippen molar-refractivity contribution in [2.45, 2.75) is 6.42 Å². The van der Waals surface area contributed by atoms with Crippen LogP contribution < -0.4 is 11.1 Å². The van der Waals surface area contributed by atoms with Crippen molar-refractivity contribution in [2.24, 2.45) is 5.73 Å². The molecule has 0 atom stereocenters. The first-order valence-corrected chi connectivity index (χ1v) is 4.64. The second-order valence-electron chi connectivity index (χ2n) is 3.16. The van der Waals surface area contributed by atoms with E-state index in [9.17, 15) is 18.0 Å². The predicted molar refractivity (Wildman–Crippen MR) is 52.1 cm³/mol. The smallest absolute Gasteiger partial charge is 0.224 e. The molecule has 1 aromatic rings. The van der Waals surface area contributed by atoms with Gasteiger partial charge in [-0.25, -0.2) is 13.2 Å². The highest BCUT2D eigenvalue weighted by molar-refractivity contribution is 5.78. The Morgan fingerprint density at radius 2 is 1.81 bits per heavy atom. The summed E-state index contributed by atoms with van der Waals surface area (Å²) < 4.78 is 38.8. The number of carbonyl (C=O) groups is 1. The van der Waals surface area contributed by atoms with E-state index in [2.05, 4.69) is 5.32 Å². The van der Waals surface area contributed by atoms with Gasteiger partial charge in [0.05, 0.1) is 6.42 Å². The molecule has 0 saturated heterocycles. The SMILES string of the molecule is NCCNC(=O)Cc1c(F)cc(F)cc1F. The Kier molecular flexibility index (Phi) is 4.30. The molecule has 3 nitrogen and oxygen atoms in total. The first-order chi connectivity index (χ1) is 7.54. The zero-order valence-electron chi connectivity index (χ0n) is 8.40. The van der Waals surface area contributed by atoms with Crippen molar-refractivity contribution in [1.82, 2.24) is 5.32 Å². The summed E-state index contributed by atoms with van der Waals surface area (Å²) >= 11 is 0. The number of hydrogen-bond acceptors (Lipinski definition) is 2. The summed E-state index contributed by atoms with van der Waals surface area (Å²) in [5.74, 6) is -3.71. The van der Waals surface area contributed by atoms with Crippen LogP contribution in [-0.2, 0) is 11.2 Å². The van der Waals surface area contributed by atoms with Crippen molar-refractivity contribution in [3.05, 3.63) is 35.1 Å². The Bertz CT molecular complexity index is 373. The van der Waals surface area contributed by atoms with E-state index in [1.54, 1.807) is 0 Å². The molecule has 0 aliphatic carbocycles. The molecular formula is C10H11F3N2O. The molecule has 0 aliphatic rings. The average Bonchev–Trinajstić information content (AvgIpc) is 2.20. The average molecular weight is 232 g/mol. The van der Waals surface area contributed by atoms with Gasteiger partial charge in [0, 0.05) is 30.8 Å². The normalized spacial score (nSPS) is 10.2. The van der Waals surface area contributed by atoms with Crippen LogP contribution in [0.4, 0.5) is 13.2 Å². The van der Waals surface area contributed by atoms with E-state index < -0.39 is 35.3 Å². The standard InChI is InChI=1S/C10H11F3N2O/c11-6-3-8(12)7(9(13)4-6)5-10(16)15-2-1-14/h3-4H,1-2,5,14H2,(H,15,16). The van der Waals surface area contributed by atoms with Crippen molar-refractivity contribution in [1.29, 1.82) is 0 Å². The fraction of sp³-hybridized carbons (Fsp3) is 0.300. The van der Waals surface area contributed by atoms with Gasteiger partial charge in [0.25, 0.3) is 0 Å². The van der Waals surface area contributed by atoms with Crippen LogP contribution in [0.5, 0.6) is 0 Å². The lowest BCUT2D eigenvalue weighted by Gasteiger charge is -2.06. The summed E-state index contributed by atoms with van der Waals surface area (Å²) in [6.45, 7) is 0.462. The fourth-order valence-electron chi connectivity index (χ4n) is 1.18. The van der Waals surface area contributed by atoms with Crippen LogP contribution in [0.2, 0.25) is 0 Å². The van der Waals surface area contributed by atoms with Crippen LogP contribution in [0.15, 0.2) is 12.1 Å². The van der Waals surface area contributed by atoms with E-state index in [1.165, 1.54) is 0 Å². The molecule has 0 saturated carbocycles. The lowest BCUT2D eigenvalue weighted by molar-refractivity contribution is -0.120. The van der Waals surface area contributed by atoms with Crippen LogP contribution in [-0.4, -0.2) is 19.0 Å². The van der Waals surface area contributed by atoms with Gasteiger partial charge in [0.2, 0.25) is 5.91 Å². The third kappa shape index (κ3) is 3.23. The largest absolute Gasteiger partial charge is 0.355 e. The maximum absolute atomic E-state index is 13.1. The molecule has 1 aromatic carbocycles. The molecule has 0 spiro atoms. The third-order valence-electron chi connectivity index (χ3n) is 1.91. The van der Waals surface area contributed by atoms with Gasteiger partial charge in [-0.05, 0) is 0 Å². The minimum absolute atomic E-state index is 0.225. The minimum atomic E-state index is -1.07. The molecular weight excluding hydrogens is 221 g/mol. The number of hydrogen-bond donors (Lipinski definition) is 2. The summed E-state index contributed by atoms with van der Waals surface area (Å²) in [5.41, 5.74) is 4.69. The topological polar surface area (TPSA) is 55.1 Å². The number of amides is 1. The Labute approximate surface area is 90.4 Å². The van der Waals surface area contributed by atoms with Crippen molar-refractivity contribution in [3.8, 4) is 0 Å². The second-order valence-corrected chi connectivity index (χ2v) is 3.16. The third-order valence-corrected chi connectivity index (χ3v) is 1.91. The molecule has 0 bridgehead atoms. The zero-order valence-corrected chi connectivity index (χ0v) is 8.40. The van der Waals surface area contributed by atoms with E-state index in [-0.39, 0.29) is 13.1 Å². The summed E-state index contributed by atoms with van der Waals surface area (Å²) in [6, 6.07) is 1.07. The zero-order chi connectivity index (χ0) is 12.1. The second kappa shape index (κ2) is 5.50. The van der Waals surface area contributed by atoms with Gasteiger partial charge in [0.1, 0.15) is 17.5 Å². The maximum atomic E-state index is 13.1. The Balaban J connectivity index is 2.77. The van der Waals surface area contributed by atoms with Crippen LogP contribution >= 0.6 is 0 Å². The molecule has 0 heterocycles. The van der Waals surface area contributed by atoms with Crippen LogP contribution in [0, 0.1) is 17.5 Å². The molecule has 3 N–H and O–H groups in total. The van der Waals surface area contributed by atoms with Crippen LogP contribution in [0.1, 0.15) is 5.56 Å². The number of nitrogens with two attached hydrogens (primary N) is 1. The molecule has 0 aromatic heterocycles. The van der Waals surface area contributed by atoms with Gasteiger partial charge in [-0.15, -0.1) is 0 Å². The number of nitrogens with one attached hydrogen (secondary N) is 1. The summed E-state index contributed by atoms with van der Waals surface area (Å²) in [7, 11) is 0. The predicted octanol–water partition coefficient (Wildman–Crippen LogP) is 0.721. The lowest BCUT2D eigenvalue weighted by atomic mass is 10.1. The van der Waals surface area contributed by atoms with Gasteiger partial charge >= 0.3 is 0 Å². The highest BCUT2D eigenvalue weighted by Gasteiger charge is 2.14. The maximum Gasteiger partial charge on any atom is 0.224 e. The van der Waals surface area contributed by atoms with Gasteiger partial charge in [-0.1, -0.05) is 0 Å². The van der Waals surface area contributed by atoms with E-state index >= 15 is 0 Å². The first-order valence-electron chi connectivity index (χ1n) is 4.64. The molecule has 6 heteroatoms. The molecule has 0 fully saturated rings. The fourth-order valence-corrected chi connectivity index (χ4v) is 1.18. The van der Waals surface area contributed by atoms with Gasteiger partial charge in [-0.2, -0.15) is 0 Å². The van der Waals surface area contributed by atoms with Crippen LogP contribution in [0.3, 0.4) is 0 Å². The molecule has 88 valence electrons. The van der Waals surface area contributed by atoms with Crippen molar-refractivity contribution < 1.29 is 18.0 Å². The van der Waals surface area contributed by atoms with Gasteiger partial charge in [0.15, 0.2) is 0 Å². The van der Waals surface area contributed by atoms with Crippen molar-refractivity contribution in [3.63, 3.8) is 0 Å². The lowest BCUT2D eigenvalue weighted by Crippen LogP contribution is -2.30. The molecule has 16 heavy (non-hydrogen) atoms. The summed E-state index contributed by atoms with van der Waals surface area (Å²) in [4.78, 5) is 11.2. The Hall–Kier alpha value is -1.56. The quantitative estimate of drug-likeness (QED) is 0.803. The molecule has 0 radical (unpaired) electrons. The van der Waals surface area contributed by atoms with Crippen molar-refractivity contribution in [2.75, 3.05) is 13.1 Å². The van der Waals surface area contributed by atoms with E-state index in [0.717, 1.165) is 0 Å². The minimum Gasteiger partial charge on any atom is -0.355 e. The van der Waals surface area contributed by atoms with E-state index in [1.807, 2.05) is 0 Å². The highest BCUT2D eigenvalue weighted by Crippen LogP contribution is 2.15. The molecule has 0 aliphatic heterocycles.